The van der Waals surface area contributed by atoms with Gasteiger partial charge in [-0.15, -0.1) is 0 Å². The highest BCUT2D eigenvalue weighted by atomic mass is 16.1. The molecule has 0 atom stereocenters. The molecule has 2 aliphatic heterocycles. The van der Waals surface area contributed by atoms with Crippen LogP contribution in [0, 0.1) is 0 Å². The zero-order chi connectivity index (χ0) is 11.2. The predicted octanol–water partition coefficient (Wildman–Crippen LogP) is 1.53. The van der Waals surface area contributed by atoms with E-state index in [1.165, 1.54) is 51.9 Å². The van der Waals surface area contributed by atoms with Crippen molar-refractivity contribution in [3.05, 3.63) is 0 Å². The third-order valence-electron chi connectivity index (χ3n) is 3.81. The van der Waals surface area contributed by atoms with Crippen LogP contribution in [0.15, 0.2) is 0 Å². The molecular formula is C13H24N2O. The number of hydrogen-bond acceptors (Lipinski definition) is 3. The lowest BCUT2D eigenvalue weighted by Gasteiger charge is -2.29. The Morgan fingerprint density at radius 2 is 1.38 bits per heavy atom. The lowest BCUT2D eigenvalue weighted by atomic mass is 10.1. The molecule has 0 aromatic heterocycles. The highest BCUT2D eigenvalue weighted by Gasteiger charge is 2.16. The van der Waals surface area contributed by atoms with Gasteiger partial charge in [0.05, 0.1) is 0 Å². The Balaban J connectivity index is 1.55. The van der Waals surface area contributed by atoms with E-state index in [4.69, 9.17) is 0 Å². The second-order valence-electron chi connectivity index (χ2n) is 5.14. The smallest absolute Gasteiger partial charge is 0.135 e. The van der Waals surface area contributed by atoms with E-state index in [0.29, 0.717) is 5.78 Å². The molecule has 16 heavy (non-hydrogen) atoms. The Kier molecular flexibility index (Phi) is 4.79. The van der Waals surface area contributed by atoms with E-state index < -0.39 is 0 Å². The zero-order valence-electron chi connectivity index (χ0n) is 10.3. The number of hydrogen-bond donors (Lipinski definition) is 0. The molecule has 2 fully saturated rings. The van der Waals surface area contributed by atoms with Crippen LogP contribution in [0.1, 0.15) is 38.5 Å². The Bertz CT molecular complexity index is 214. The molecule has 92 valence electrons. The van der Waals surface area contributed by atoms with Crippen molar-refractivity contribution in [2.24, 2.45) is 0 Å². The number of carbonyl (C=O) groups excluding carboxylic acids is 1. The molecule has 2 saturated heterocycles. The average molecular weight is 224 g/mol. The van der Waals surface area contributed by atoms with Gasteiger partial charge in [0, 0.05) is 25.9 Å². The molecule has 0 amide bonds. The Morgan fingerprint density at radius 1 is 0.812 bits per heavy atom. The number of rotatable bonds is 4. The fourth-order valence-electron chi connectivity index (χ4n) is 2.73. The van der Waals surface area contributed by atoms with Crippen molar-refractivity contribution in [1.82, 2.24) is 9.80 Å². The molecular weight excluding hydrogens is 200 g/mol. The normalized spacial score (nSPS) is 24.9. The fraction of sp³-hybridized carbons (Fsp3) is 0.923. The maximum atomic E-state index is 11.1. The average Bonchev–Trinajstić information content (AvgIpc) is 2.33. The summed E-state index contributed by atoms with van der Waals surface area (Å²) in [6.07, 6.45) is 7.03. The first-order valence-electron chi connectivity index (χ1n) is 6.81. The second-order valence-corrected chi connectivity index (χ2v) is 5.14. The summed E-state index contributed by atoms with van der Waals surface area (Å²) in [6.45, 7) is 7.04. The second kappa shape index (κ2) is 6.36. The van der Waals surface area contributed by atoms with Crippen molar-refractivity contribution < 1.29 is 4.79 Å². The monoisotopic (exact) mass is 224 g/mol. The lowest BCUT2D eigenvalue weighted by Crippen LogP contribution is -2.37. The summed E-state index contributed by atoms with van der Waals surface area (Å²) in [5, 5.41) is 0. The number of Topliss-reactive ketones (excluding diaryl/α,β-unsaturated/α-hetero) is 1. The van der Waals surface area contributed by atoms with E-state index in [9.17, 15) is 4.79 Å². The fourth-order valence-corrected chi connectivity index (χ4v) is 2.73. The molecule has 2 aliphatic rings. The molecule has 2 heterocycles. The SMILES string of the molecule is O=C1CCN(CCCN2CCCCC2)CC1. The summed E-state index contributed by atoms with van der Waals surface area (Å²) in [6, 6.07) is 0. The van der Waals surface area contributed by atoms with Gasteiger partial charge in [0.25, 0.3) is 0 Å². The molecule has 0 aromatic carbocycles. The molecule has 2 rings (SSSR count). The minimum Gasteiger partial charge on any atom is -0.303 e. The molecule has 0 spiro atoms. The predicted molar refractivity (Wildman–Crippen MR) is 65.6 cm³/mol. The molecule has 0 aliphatic carbocycles. The van der Waals surface area contributed by atoms with Gasteiger partial charge in [0.1, 0.15) is 5.78 Å². The number of ketones is 1. The van der Waals surface area contributed by atoms with Crippen LogP contribution in [0.4, 0.5) is 0 Å². The first kappa shape index (κ1) is 12.1. The van der Waals surface area contributed by atoms with Gasteiger partial charge in [0.15, 0.2) is 0 Å². The van der Waals surface area contributed by atoms with Crippen molar-refractivity contribution in [3.8, 4) is 0 Å². The van der Waals surface area contributed by atoms with Crippen LogP contribution >= 0.6 is 0 Å². The standard InChI is InChI=1S/C13H24N2O/c16-13-5-11-15(12-6-13)10-4-9-14-7-2-1-3-8-14/h1-12H2. The number of piperidine rings is 2. The maximum Gasteiger partial charge on any atom is 0.135 e. The van der Waals surface area contributed by atoms with Crippen LogP contribution < -0.4 is 0 Å². The van der Waals surface area contributed by atoms with Gasteiger partial charge in [-0.05, 0) is 45.4 Å². The van der Waals surface area contributed by atoms with Crippen LogP contribution in [-0.4, -0.2) is 54.9 Å². The minimum absolute atomic E-state index is 0.451. The largest absolute Gasteiger partial charge is 0.303 e. The topological polar surface area (TPSA) is 23.6 Å². The minimum atomic E-state index is 0.451. The molecule has 0 unspecified atom stereocenters. The van der Waals surface area contributed by atoms with Crippen molar-refractivity contribution in [2.45, 2.75) is 38.5 Å². The highest BCUT2D eigenvalue weighted by molar-refractivity contribution is 5.79. The van der Waals surface area contributed by atoms with Crippen molar-refractivity contribution in [3.63, 3.8) is 0 Å². The summed E-state index contributed by atoms with van der Waals surface area (Å²) in [7, 11) is 0. The first-order chi connectivity index (χ1) is 7.84. The van der Waals surface area contributed by atoms with Gasteiger partial charge in [0.2, 0.25) is 0 Å². The molecule has 0 radical (unpaired) electrons. The summed E-state index contributed by atoms with van der Waals surface area (Å²) < 4.78 is 0. The van der Waals surface area contributed by atoms with Crippen LogP contribution in [0.3, 0.4) is 0 Å². The van der Waals surface area contributed by atoms with Gasteiger partial charge in [-0.1, -0.05) is 6.42 Å². The van der Waals surface area contributed by atoms with Crippen LogP contribution in [0.25, 0.3) is 0 Å². The summed E-state index contributed by atoms with van der Waals surface area (Å²) >= 11 is 0. The summed E-state index contributed by atoms with van der Waals surface area (Å²) in [4.78, 5) is 16.1. The van der Waals surface area contributed by atoms with Crippen molar-refractivity contribution in [1.29, 1.82) is 0 Å². The third kappa shape index (κ3) is 3.87. The Morgan fingerprint density at radius 3 is 2.00 bits per heavy atom. The van der Waals surface area contributed by atoms with Gasteiger partial charge in [-0.25, -0.2) is 0 Å². The molecule has 0 aromatic rings. The van der Waals surface area contributed by atoms with Gasteiger partial charge >= 0.3 is 0 Å². The first-order valence-corrected chi connectivity index (χ1v) is 6.81. The Hall–Kier alpha value is -0.410. The van der Waals surface area contributed by atoms with Gasteiger partial charge in [-0.3, -0.25) is 4.79 Å². The molecule has 0 N–H and O–H groups in total. The summed E-state index contributed by atoms with van der Waals surface area (Å²) in [5.41, 5.74) is 0. The quantitative estimate of drug-likeness (QED) is 0.723. The third-order valence-corrected chi connectivity index (χ3v) is 3.81. The summed E-state index contributed by atoms with van der Waals surface area (Å²) in [5.74, 6) is 0.451. The van der Waals surface area contributed by atoms with Gasteiger partial charge < -0.3 is 9.80 Å². The van der Waals surface area contributed by atoms with E-state index in [0.717, 1.165) is 25.9 Å². The van der Waals surface area contributed by atoms with Crippen molar-refractivity contribution in [2.75, 3.05) is 39.3 Å². The van der Waals surface area contributed by atoms with E-state index >= 15 is 0 Å². The zero-order valence-corrected chi connectivity index (χ0v) is 10.3. The number of nitrogens with zero attached hydrogens (tertiary/aromatic N) is 2. The van der Waals surface area contributed by atoms with Crippen LogP contribution in [-0.2, 0) is 4.79 Å². The maximum absolute atomic E-state index is 11.1. The molecule has 3 nitrogen and oxygen atoms in total. The molecule has 3 heteroatoms. The van der Waals surface area contributed by atoms with E-state index in [1.807, 2.05) is 0 Å². The number of likely N-dealkylation sites (tertiary alicyclic amines) is 2. The van der Waals surface area contributed by atoms with E-state index in [-0.39, 0.29) is 0 Å². The molecule has 0 saturated carbocycles. The Labute approximate surface area is 98.8 Å². The van der Waals surface area contributed by atoms with Crippen molar-refractivity contribution >= 4 is 5.78 Å². The molecule has 0 bridgehead atoms. The highest BCUT2D eigenvalue weighted by Crippen LogP contribution is 2.10. The van der Waals surface area contributed by atoms with E-state index in [2.05, 4.69) is 9.80 Å². The van der Waals surface area contributed by atoms with Crippen LogP contribution in [0.5, 0.6) is 0 Å². The van der Waals surface area contributed by atoms with Crippen LogP contribution in [0.2, 0.25) is 0 Å². The number of carbonyl (C=O) groups is 1. The lowest BCUT2D eigenvalue weighted by molar-refractivity contribution is -0.121. The van der Waals surface area contributed by atoms with E-state index in [1.54, 1.807) is 0 Å². The van der Waals surface area contributed by atoms with Gasteiger partial charge in [-0.2, -0.15) is 0 Å².